The maximum absolute atomic E-state index is 13.4. The summed E-state index contributed by atoms with van der Waals surface area (Å²) in [6.07, 6.45) is -0.859. The van der Waals surface area contributed by atoms with E-state index in [1.807, 2.05) is 54.6 Å². The molecule has 0 aliphatic carbocycles. The lowest BCUT2D eigenvalue weighted by atomic mass is 9.80. The van der Waals surface area contributed by atoms with Crippen molar-refractivity contribution in [1.82, 2.24) is 10.3 Å². The van der Waals surface area contributed by atoms with Crippen LogP contribution in [0.3, 0.4) is 0 Å². The summed E-state index contributed by atoms with van der Waals surface area (Å²) in [5.74, 6) is 1.08. The fraction of sp³-hybridized carbons (Fsp3) is 0.269. The summed E-state index contributed by atoms with van der Waals surface area (Å²) in [6, 6.07) is 23.7. The summed E-state index contributed by atoms with van der Waals surface area (Å²) >= 11 is 0. The molecule has 2 heterocycles. The van der Waals surface area contributed by atoms with E-state index in [1.54, 1.807) is 45.4 Å². The number of carbonyl (C=O) groups excluding carboxylic acids is 1. The highest BCUT2D eigenvalue weighted by Crippen LogP contribution is 2.49. The van der Waals surface area contributed by atoms with Crippen LogP contribution in [-0.2, 0) is 30.9 Å². The van der Waals surface area contributed by atoms with Gasteiger partial charge in [0.1, 0.15) is 17.5 Å². The molecule has 3 aromatic carbocycles. The molecule has 2 fully saturated rings. The van der Waals surface area contributed by atoms with Crippen molar-refractivity contribution in [3.63, 3.8) is 0 Å². The summed E-state index contributed by atoms with van der Waals surface area (Å²) in [5.41, 5.74) is 1.33. The molecule has 0 aromatic heterocycles. The quantitative estimate of drug-likeness (QED) is 0.351. The largest absolute Gasteiger partial charge is 0.497 e. The van der Waals surface area contributed by atoms with Gasteiger partial charge >= 0.3 is 0 Å². The average Bonchev–Trinajstić information content (AvgIpc) is 3.40. The Balaban J connectivity index is 1.38. The summed E-state index contributed by atoms with van der Waals surface area (Å²) < 4.78 is 16.7. The molecule has 9 heteroatoms. The Bertz CT molecular complexity index is 1160. The first-order valence-electron chi connectivity index (χ1n) is 11.1. The number of benzene rings is 3. The lowest BCUT2D eigenvalue weighted by molar-refractivity contribution is -0.497. The van der Waals surface area contributed by atoms with E-state index in [0.717, 1.165) is 16.5 Å². The van der Waals surface area contributed by atoms with Crippen LogP contribution in [0.1, 0.15) is 35.9 Å². The molecule has 35 heavy (non-hydrogen) atoms. The standard InChI is InChI=1S/C26H26N2O7/c1-26(32-17-18-7-5-4-6-8-18)23(19-9-13-21(30-2)14-10-19)27(25(26)29)28-33-24(34-35-28)20-11-15-22(31-3)16-12-20/h4-16,23-24H,17H2,1-3H3/t23-,24?,26-/m0/s1. The van der Waals surface area contributed by atoms with Gasteiger partial charge in [0.2, 0.25) is 6.29 Å². The van der Waals surface area contributed by atoms with Gasteiger partial charge in [-0.05, 0) is 42.3 Å². The first kappa shape index (κ1) is 23.3. The highest BCUT2D eigenvalue weighted by atomic mass is 17.4. The van der Waals surface area contributed by atoms with Crippen molar-refractivity contribution in [1.29, 1.82) is 0 Å². The van der Waals surface area contributed by atoms with Gasteiger partial charge in [-0.1, -0.05) is 59.6 Å². The molecule has 1 unspecified atom stereocenters. The molecular formula is C26H26N2O7. The molecular weight excluding hydrogens is 452 g/mol. The van der Waals surface area contributed by atoms with Crippen LogP contribution >= 0.6 is 0 Å². The van der Waals surface area contributed by atoms with Crippen molar-refractivity contribution in [3.8, 4) is 11.5 Å². The van der Waals surface area contributed by atoms with Crippen molar-refractivity contribution >= 4 is 5.91 Å². The van der Waals surface area contributed by atoms with Crippen LogP contribution in [-0.4, -0.2) is 36.1 Å². The smallest absolute Gasteiger partial charge is 0.275 e. The second-order valence-corrected chi connectivity index (χ2v) is 8.33. The van der Waals surface area contributed by atoms with Gasteiger partial charge < -0.3 is 14.2 Å². The third kappa shape index (κ3) is 4.36. The molecule has 0 saturated carbocycles. The summed E-state index contributed by atoms with van der Waals surface area (Å²) in [5, 5.41) is 2.32. The summed E-state index contributed by atoms with van der Waals surface area (Å²) in [4.78, 5) is 29.9. The van der Waals surface area contributed by atoms with Crippen molar-refractivity contribution < 1.29 is 33.7 Å². The van der Waals surface area contributed by atoms with Crippen LogP contribution < -0.4 is 9.47 Å². The Morgan fingerprint density at radius 2 is 1.46 bits per heavy atom. The predicted octanol–water partition coefficient (Wildman–Crippen LogP) is 4.29. The lowest BCUT2D eigenvalue weighted by Gasteiger charge is -2.53. The van der Waals surface area contributed by atoms with Crippen molar-refractivity contribution in [2.45, 2.75) is 31.5 Å². The minimum absolute atomic E-state index is 0.274. The first-order chi connectivity index (χ1) is 17.0. The van der Waals surface area contributed by atoms with Gasteiger partial charge in [-0.2, -0.15) is 4.89 Å². The van der Waals surface area contributed by atoms with Gasteiger partial charge in [-0.25, -0.2) is 9.85 Å². The van der Waals surface area contributed by atoms with Crippen molar-refractivity contribution in [3.05, 3.63) is 95.6 Å². The minimum atomic E-state index is -1.16. The number of nitrogens with zero attached hydrogens (tertiary/aromatic N) is 2. The molecule has 5 rings (SSSR count). The summed E-state index contributed by atoms with van der Waals surface area (Å²) in [6.45, 7) is 2.04. The second-order valence-electron chi connectivity index (χ2n) is 8.33. The van der Waals surface area contributed by atoms with E-state index in [2.05, 4.69) is 0 Å². The number of hydrogen-bond donors (Lipinski definition) is 0. The van der Waals surface area contributed by atoms with Crippen LogP contribution in [0.5, 0.6) is 11.5 Å². The molecule has 2 aliphatic heterocycles. The zero-order chi connectivity index (χ0) is 24.4. The Kier molecular flexibility index (Phi) is 6.42. The van der Waals surface area contributed by atoms with Crippen molar-refractivity contribution in [2.24, 2.45) is 0 Å². The molecule has 182 valence electrons. The third-order valence-corrected chi connectivity index (χ3v) is 6.16. The topological polar surface area (TPSA) is 78.9 Å². The monoisotopic (exact) mass is 478 g/mol. The van der Waals surface area contributed by atoms with Gasteiger partial charge in [0, 0.05) is 5.56 Å². The molecule has 1 amide bonds. The molecule has 0 radical (unpaired) electrons. The van der Waals surface area contributed by atoms with E-state index < -0.39 is 17.9 Å². The molecule has 3 atom stereocenters. The molecule has 0 bridgehead atoms. The summed E-state index contributed by atoms with van der Waals surface area (Å²) in [7, 11) is 3.19. The maximum atomic E-state index is 13.4. The lowest BCUT2D eigenvalue weighted by Crippen LogP contribution is -2.71. The first-order valence-corrected chi connectivity index (χ1v) is 11.1. The normalized spacial score (nSPS) is 24.3. The number of methoxy groups -OCH3 is 2. The van der Waals surface area contributed by atoms with E-state index in [0.29, 0.717) is 17.1 Å². The minimum Gasteiger partial charge on any atom is -0.497 e. The number of hydrazine groups is 1. The fourth-order valence-corrected chi connectivity index (χ4v) is 4.15. The Labute approximate surface area is 203 Å². The molecule has 9 nitrogen and oxygen atoms in total. The number of carbonyl (C=O) groups is 1. The highest BCUT2D eigenvalue weighted by Gasteiger charge is 2.64. The Hall–Kier alpha value is -3.47. The van der Waals surface area contributed by atoms with Gasteiger partial charge in [0.05, 0.1) is 26.2 Å². The zero-order valence-electron chi connectivity index (χ0n) is 19.6. The third-order valence-electron chi connectivity index (χ3n) is 6.16. The van der Waals surface area contributed by atoms with E-state index in [4.69, 9.17) is 28.9 Å². The Morgan fingerprint density at radius 3 is 2.06 bits per heavy atom. The molecule has 0 N–H and O–H groups in total. The van der Waals surface area contributed by atoms with Gasteiger partial charge in [-0.15, -0.1) is 0 Å². The number of ether oxygens (including phenoxy) is 3. The Morgan fingerprint density at radius 1 is 0.857 bits per heavy atom. The predicted molar refractivity (Wildman–Crippen MR) is 123 cm³/mol. The van der Waals surface area contributed by atoms with Crippen LogP contribution in [0, 0.1) is 0 Å². The van der Waals surface area contributed by atoms with Crippen LogP contribution in [0.4, 0.5) is 0 Å². The van der Waals surface area contributed by atoms with Gasteiger partial charge in [0.25, 0.3) is 5.91 Å². The molecule has 2 saturated heterocycles. The number of β-lactam (4-membered cyclic amide) rings is 1. The van der Waals surface area contributed by atoms with Crippen LogP contribution in [0.2, 0.25) is 0 Å². The zero-order valence-corrected chi connectivity index (χ0v) is 19.6. The van der Waals surface area contributed by atoms with E-state index in [1.165, 1.54) is 5.01 Å². The van der Waals surface area contributed by atoms with Crippen LogP contribution in [0.25, 0.3) is 0 Å². The maximum Gasteiger partial charge on any atom is 0.275 e. The fourth-order valence-electron chi connectivity index (χ4n) is 4.15. The highest BCUT2D eigenvalue weighted by molar-refractivity contribution is 5.92. The van der Waals surface area contributed by atoms with Crippen molar-refractivity contribution in [2.75, 3.05) is 14.2 Å². The van der Waals surface area contributed by atoms with Gasteiger partial charge in [0.15, 0.2) is 5.60 Å². The van der Waals surface area contributed by atoms with Gasteiger partial charge in [-0.3, -0.25) is 4.79 Å². The molecule has 2 aliphatic rings. The van der Waals surface area contributed by atoms with E-state index in [-0.39, 0.29) is 12.5 Å². The van der Waals surface area contributed by atoms with Crippen LogP contribution in [0.15, 0.2) is 78.9 Å². The molecule has 3 aromatic rings. The van der Waals surface area contributed by atoms with E-state index in [9.17, 15) is 4.79 Å². The number of rotatable bonds is 8. The second kappa shape index (κ2) is 9.65. The molecule has 0 spiro atoms. The average molecular weight is 479 g/mol. The number of hydrogen-bond acceptors (Lipinski definition) is 8. The van der Waals surface area contributed by atoms with E-state index >= 15 is 0 Å². The number of amides is 1. The SMILES string of the molecule is COc1ccc(C2OON(N3C(=O)[C@@](C)(OCc4ccccc4)[C@@H]3c3ccc(OC)cc3)O2)cc1.